The standard InChI is InChI=1S/C10H14N2.ClH/c1-2-6-11-10(5-1)9-12-7-3-4-8-12;/h1-2,5-6H,3-4,7-9H2;1H. The zero-order valence-electron chi connectivity index (χ0n) is 7.65. The molecule has 2 rings (SSSR count). The van der Waals surface area contributed by atoms with Crippen molar-refractivity contribution < 1.29 is 0 Å². The largest absolute Gasteiger partial charge is 0.298 e. The number of rotatable bonds is 2. The van der Waals surface area contributed by atoms with Gasteiger partial charge < -0.3 is 0 Å². The molecule has 0 atom stereocenters. The number of hydrogen-bond acceptors (Lipinski definition) is 2. The number of hydrogen-bond donors (Lipinski definition) is 0. The van der Waals surface area contributed by atoms with Crippen molar-refractivity contribution in [2.45, 2.75) is 19.4 Å². The van der Waals surface area contributed by atoms with Gasteiger partial charge in [-0.1, -0.05) is 6.07 Å². The highest BCUT2D eigenvalue weighted by molar-refractivity contribution is 5.85. The Balaban J connectivity index is 0.000000845. The van der Waals surface area contributed by atoms with Crippen LogP contribution in [0.25, 0.3) is 0 Å². The highest BCUT2D eigenvalue weighted by Gasteiger charge is 2.11. The average Bonchev–Trinajstić information content (AvgIpc) is 2.59. The van der Waals surface area contributed by atoms with Gasteiger partial charge in [-0.3, -0.25) is 9.88 Å². The summed E-state index contributed by atoms with van der Waals surface area (Å²) in [6.07, 6.45) is 4.57. The lowest BCUT2D eigenvalue weighted by atomic mass is 10.3. The Morgan fingerprint density at radius 2 is 2.00 bits per heavy atom. The SMILES string of the molecule is Cl.c1ccc(CN2CCCC2)nc1. The third kappa shape index (κ3) is 2.98. The van der Waals surface area contributed by atoms with E-state index in [0.29, 0.717) is 0 Å². The Kier molecular flexibility index (Phi) is 4.19. The third-order valence-corrected chi connectivity index (χ3v) is 2.31. The van der Waals surface area contributed by atoms with Gasteiger partial charge in [-0.2, -0.15) is 0 Å². The zero-order chi connectivity index (χ0) is 8.23. The molecule has 0 aliphatic carbocycles. The van der Waals surface area contributed by atoms with E-state index >= 15 is 0 Å². The fraction of sp³-hybridized carbons (Fsp3) is 0.500. The minimum absolute atomic E-state index is 0. The molecule has 0 aromatic carbocycles. The van der Waals surface area contributed by atoms with Crippen LogP contribution in [-0.2, 0) is 6.54 Å². The molecule has 0 spiro atoms. The van der Waals surface area contributed by atoms with E-state index in [4.69, 9.17) is 0 Å². The van der Waals surface area contributed by atoms with E-state index in [-0.39, 0.29) is 12.4 Å². The van der Waals surface area contributed by atoms with Gasteiger partial charge in [0, 0.05) is 12.7 Å². The van der Waals surface area contributed by atoms with Gasteiger partial charge in [-0.15, -0.1) is 12.4 Å². The van der Waals surface area contributed by atoms with Crippen LogP contribution >= 0.6 is 12.4 Å². The van der Waals surface area contributed by atoms with Crippen molar-refractivity contribution in [3.63, 3.8) is 0 Å². The Labute approximate surface area is 85.4 Å². The number of halogens is 1. The second-order valence-corrected chi connectivity index (χ2v) is 3.30. The van der Waals surface area contributed by atoms with Gasteiger partial charge in [-0.25, -0.2) is 0 Å². The predicted octanol–water partition coefficient (Wildman–Crippen LogP) is 2.10. The Bertz CT molecular complexity index is 232. The second-order valence-electron chi connectivity index (χ2n) is 3.30. The summed E-state index contributed by atoms with van der Waals surface area (Å²) in [5.41, 5.74) is 1.19. The first-order valence-corrected chi connectivity index (χ1v) is 4.57. The van der Waals surface area contributed by atoms with E-state index in [0.717, 1.165) is 6.54 Å². The van der Waals surface area contributed by atoms with E-state index in [2.05, 4.69) is 22.0 Å². The summed E-state index contributed by atoms with van der Waals surface area (Å²) in [5, 5.41) is 0. The van der Waals surface area contributed by atoms with Gasteiger partial charge in [0.2, 0.25) is 0 Å². The molecule has 13 heavy (non-hydrogen) atoms. The maximum Gasteiger partial charge on any atom is 0.0543 e. The quantitative estimate of drug-likeness (QED) is 0.724. The van der Waals surface area contributed by atoms with Crippen molar-refractivity contribution in [2.75, 3.05) is 13.1 Å². The Morgan fingerprint density at radius 1 is 1.23 bits per heavy atom. The second kappa shape index (κ2) is 5.20. The smallest absolute Gasteiger partial charge is 0.0543 e. The van der Waals surface area contributed by atoms with Crippen LogP contribution in [0.2, 0.25) is 0 Å². The van der Waals surface area contributed by atoms with Crippen LogP contribution in [0.4, 0.5) is 0 Å². The maximum absolute atomic E-state index is 4.30. The van der Waals surface area contributed by atoms with Crippen LogP contribution in [0.15, 0.2) is 24.4 Å². The maximum atomic E-state index is 4.30. The first-order valence-electron chi connectivity index (χ1n) is 4.57. The van der Waals surface area contributed by atoms with Crippen LogP contribution < -0.4 is 0 Å². The summed E-state index contributed by atoms with van der Waals surface area (Å²) >= 11 is 0. The topological polar surface area (TPSA) is 16.1 Å². The molecule has 0 amide bonds. The van der Waals surface area contributed by atoms with Crippen LogP contribution in [0.3, 0.4) is 0 Å². The minimum atomic E-state index is 0. The van der Waals surface area contributed by atoms with Gasteiger partial charge in [0.05, 0.1) is 5.69 Å². The molecule has 72 valence electrons. The summed E-state index contributed by atoms with van der Waals surface area (Å²) in [4.78, 5) is 6.76. The van der Waals surface area contributed by atoms with Crippen molar-refractivity contribution in [3.8, 4) is 0 Å². The van der Waals surface area contributed by atoms with E-state index < -0.39 is 0 Å². The number of likely N-dealkylation sites (tertiary alicyclic amines) is 1. The first-order chi connectivity index (χ1) is 5.95. The molecular weight excluding hydrogens is 184 g/mol. The molecule has 1 saturated heterocycles. The van der Waals surface area contributed by atoms with Crippen molar-refractivity contribution in [2.24, 2.45) is 0 Å². The number of pyridine rings is 1. The molecule has 1 aromatic heterocycles. The van der Waals surface area contributed by atoms with Crippen LogP contribution in [0, 0.1) is 0 Å². The summed E-state index contributed by atoms with van der Waals surface area (Å²) in [6, 6.07) is 6.12. The molecule has 0 saturated carbocycles. The van der Waals surface area contributed by atoms with Gasteiger partial charge in [0.25, 0.3) is 0 Å². The molecule has 0 unspecified atom stereocenters. The highest BCUT2D eigenvalue weighted by Crippen LogP contribution is 2.10. The van der Waals surface area contributed by atoms with Gasteiger partial charge >= 0.3 is 0 Å². The molecule has 0 radical (unpaired) electrons. The first kappa shape index (κ1) is 10.5. The lowest BCUT2D eigenvalue weighted by molar-refractivity contribution is 0.327. The average molecular weight is 199 g/mol. The number of nitrogens with zero attached hydrogens (tertiary/aromatic N) is 2. The Hall–Kier alpha value is -0.600. The summed E-state index contributed by atoms with van der Waals surface area (Å²) < 4.78 is 0. The molecule has 3 heteroatoms. The monoisotopic (exact) mass is 198 g/mol. The normalized spacial score (nSPS) is 16.9. The molecule has 1 aliphatic heterocycles. The van der Waals surface area contributed by atoms with Crippen LogP contribution in [0.5, 0.6) is 0 Å². The van der Waals surface area contributed by atoms with E-state index in [1.807, 2.05) is 12.3 Å². The van der Waals surface area contributed by atoms with Crippen LogP contribution in [-0.4, -0.2) is 23.0 Å². The number of aromatic nitrogens is 1. The van der Waals surface area contributed by atoms with Crippen molar-refractivity contribution >= 4 is 12.4 Å². The van der Waals surface area contributed by atoms with Gasteiger partial charge in [0.15, 0.2) is 0 Å². The highest BCUT2D eigenvalue weighted by atomic mass is 35.5. The molecule has 0 bridgehead atoms. The molecule has 1 aromatic rings. The van der Waals surface area contributed by atoms with Crippen molar-refractivity contribution in [3.05, 3.63) is 30.1 Å². The molecular formula is C10H15ClN2. The third-order valence-electron chi connectivity index (χ3n) is 2.31. The predicted molar refractivity (Wildman–Crippen MR) is 56.0 cm³/mol. The fourth-order valence-electron chi connectivity index (χ4n) is 1.66. The summed E-state index contributed by atoms with van der Waals surface area (Å²) in [6.45, 7) is 3.52. The lowest BCUT2D eigenvalue weighted by Crippen LogP contribution is -2.18. The Morgan fingerprint density at radius 3 is 2.62 bits per heavy atom. The van der Waals surface area contributed by atoms with Crippen LogP contribution in [0.1, 0.15) is 18.5 Å². The van der Waals surface area contributed by atoms with Crippen molar-refractivity contribution in [1.29, 1.82) is 0 Å². The molecule has 1 fully saturated rings. The minimum Gasteiger partial charge on any atom is -0.298 e. The molecule has 1 aliphatic rings. The van der Waals surface area contributed by atoms with Gasteiger partial charge in [-0.05, 0) is 38.1 Å². The zero-order valence-corrected chi connectivity index (χ0v) is 8.46. The summed E-state index contributed by atoms with van der Waals surface area (Å²) in [7, 11) is 0. The summed E-state index contributed by atoms with van der Waals surface area (Å²) in [5.74, 6) is 0. The van der Waals surface area contributed by atoms with Gasteiger partial charge in [0.1, 0.15) is 0 Å². The van der Waals surface area contributed by atoms with E-state index in [9.17, 15) is 0 Å². The van der Waals surface area contributed by atoms with E-state index in [1.165, 1.54) is 31.6 Å². The lowest BCUT2D eigenvalue weighted by Gasteiger charge is -2.12. The molecule has 0 N–H and O–H groups in total. The molecule has 2 heterocycles. The van der Waals surface area contributed by atoms with Crippen molar-refractivity contribution in [1.82, 2.24) is 9.88 Å². The fourth-order valence-corrected chi connectivity index (χ4v) is 1.66. The molecule has 2 nitrogen and oxygen atoms in total. The van der Waals surface area contributed by atoms with E-state index in [1.54, 1.807) is 0 Å².